The highest BCUT2D eigenvalue weighted by Crippen LogP contribution is 2.16. The molecule has 0 bridgehead atoms. The molecule has 0 aliphatic heterocycles. The van der Waals surface area contributed by atoms with Crippen molar-refractivity contribution in [2.45, 2.75) is 34.1 Å². The quantitative estimate of drug-likeness (QED) is 0.504. The van der Waals surface area contributed by atoms with Crippen molar-refractivity contribution in [1.29, 1.82) is 0 Å². The van der Waals surface area contributed by atoms with Crippen molar-refractivity contribution in [3.63, 3.8) is 0 Å². The van der Waals surface area contributed by atoms with E-state index in [9.17, 15) is 10.2 Å². The Labute approximate surface area is 162 Å². The number of rotatable bonds is 7. The Hall–Kier alpha value is -3.00. The first kappa shape index (κ1) is 22.0. The normalized spacial score (nSPS) is 14.9. The van der Waals surface area contributed by atoms with Gasteiger partial charge in [-0.2, -0.15) is 0 Å². The van der Waals surface area contributed by atoms with Crippen LogP contribution in [0.1, 0.15) is 34.1 Å². The van der Waals surface area contributed by atoms with E-state index in [4.69, 9.17) is 0 Å². The van der Waals surface area contributed by atoms with Crippen LogP contribution in [0.4, 0.5) is 0 Å². The smallest absolute Gasteiger partial charge is 0.116 e. The second-order valence-electron chi connectivity index (χ2n) is 6.69. The maximum atomic E-state index is 9.60. The Bertz CT molecular complexity index is 931. The summed E-state index contributed by atoms with van der Waals surface area (Å²) in [6, 6.07) is 5.15. The van der Waals surface area contributed by atoms with Crippen LogP contribution in [0.15, 0.2) is 89.3 Å². The molecule has 0 spiro atoms. The van der Waals surface area contributed by atoms with Gasteiger partial charge in [-0.25, -0.2) is 0 Å². The fraction of sp³-hybridized carbons (Fsp3) is 0.200. The minimum Gasteiger partial charge on any atom is -0.513 e. The van der Waals surface area contributed by atoms with Crippen LogP contribution in [-0.2, 0) is 0 Å². The summed E-state index contributed by atoms with van der Waals surface area (Å²) >= 11 is 0. The second kappa shape index (κ2) is 10.9. The molecule has 2 nitrogen and oxygen atoms in total. The molecule has 1 aromatic rings. The zero-order valence-electron chi connectivity index (χ0n) is 16.8. The maximum absolute atomic E-state index is 9.60. The molecular weight excluding hydrogens is 332 g/mol. The summed E-state index contributed by atoms with van der Waals surface area (Å²) < 4.78 is 0. The van der Waals surface area contributed by atoms with Crippen molar-refractivity contribution in [2.24, 2.45) is 0 Å². The number of phenols is 1. The first-order valence-electron chi connectivity index (χ1n) is 8.95. The van der Waals surface area contributed by atoms with Gasteiger partial charge in [0.1, 0.15) is 5.75 Å². The Balaban J connectivity index is 3.02. The molecule has 0 heterocycles. The lowest BCUT2D eigenvalue weighted by atomic mass is 10.0. The average Bonchev–Trinajstić information content (AvgIpc) is 2.59. The molecule has 0 aliphatic rings. The van der Waals surface area contributed by atoms with Crippen LogP contribution < -0.4 is 10.4 Å². The van der Waals surface area contributed by atoms with Gasteiger partial charge in [0.05, 0.1) is 5.76 Å². The number of aliphatic hydroxyl groups is 1. The first-order valence-corrected chi connectivity index (χ1v) is 8.95. The summed E-state index contributed by atoms with van der Waals surface area (Å²) in [4.78, 5) is 0. The summed E-state index contributed by atoms with van der Waals surface area (Å²) in [6.45, 7) is 15.7. The van der Waals surface area contributed by atoms with E-state index in [-0.39, 0.29) is 11.5 Å². The molecule has 0 amide bonds. The fourth-order valence-corrected chi connectivity index (χ4v) is 2.53. The Morgan fingerprint density at radius 1 is 1.07 bits per heavy atom. The number of hydrogen-bond acceptors (Lipinski definition) is 2. The number of benzene rings is 1. The Kier molecular flexibility index (Phi) is 8.87. The molecule has 2 heteroatoms. The predicted octanol–water partition coefficient (Wildman–Crippen LogP) is 5.39. The number of allylic oxidation sites excluding steroid dienone is 11. The molecule has 0 saturated carbocycles. The molecule has 1 aromatic carbocycles. The predicted molar refractivity (Wildman–Crippen MR) is 118 cm³/mol. The number of hydrogen-bond donors (Lipinski definition) is 2. The molecule has 0 radical (unpaired) electrons. The lowest BCUT2D eigenvalue weighted by Crippen LogP contribution is -2.21. The second-order valence-corrected chi connectivity index (χ2v) is 6.69. The monoisotopic (exact) mass is 362 g/mol. The van der Waals surface area contributed by atoms with E-state index < -0.39 is 0 Å². The van der Waals surface area contributed by atoms with E-state index in [1.807, 2.05) is 43.4 Å². The highest BCUT2D eigenvalue weighted by molar-refractivity contribution is 5.47. The van der Waals surface area contributed by atoms with Gasteiger partial charge in [-0.1, -0.05) is 66.8 Å². The van der Waals surface area contributed by atoms with Gasteiger partial charge in [-0.15, -0.1) is 0 Å². The highest BCUT2D eigenvalue weighted by atomic mass is 16.3. The molecule has 1 rings (SSSR count). The van der Waals surface area contributed by atoms with Crippen molar-refractivity contribution >= 4 is 12.7 Å². The summed E-state index contributed by atoms with van der Waals surface area (Å²) in [6.07, 6.45) is 14.4. The molecule has 0 atom stereocenters. The molecule has 2 N–H and O–H groups in total. The third kappa shape index (κ3) is 8.28. The molecule has 0 saturated heterocycles. The van der Waals surface area contributed by atoms with Crippen LogP contribution >= 0.6 is 0 Å². The number of aromatic hydroxyl groups is 1. The van der Waals surface area contributed by atoms with Gasteiger partial charge in [0.25, 0.3) is 0 Å². The van der Waals surface area contributed by atoms with Gasteiger partial charge < -0.3 is 10.2 Å². The summed E-state index contributed by atoms with van der Waals surface area (Å²) in [5.41, 5.74) is 4.12. The van der Waals surface area contributed by atoms with E-state index in [0.29, 0.717) is 0 Å². The summed E-state index contributed by atoms with van der Waals surface area (Å²) in [5, 5.41) is 21.0. The molecule has 142 valence electrons. The highest BCUT2D eigenvalue weighted by Gasteiger charge is 1.97. The largest absolute Gasteiger partial charge is 0.513 e. The number of aliphatic hydroxyl groups excluding tert-OH is 1. The van der Waals surface area contributed by atoms with Gasteiger partial charge >= 0.3 is 0 Å². The summed E-state index contributed by atoms with van der Waals surface area (Å²) in [5.74, 6) is 0.487. The Morgan fingerprint density at radius 2 is 1.74 bits per heavy atom. The van der Waals surface area contributed by atoms with Crippen LogP contribution in [0.3, 0.4) is 0 Å². The van der Waals surface area contributed by atoms with Crippen molar-refractivity contribution in [3.05, 3.63) is 99.7 Å². The molecule has 0 aliphatic carbocycles. The van der Waals surface area contributed by atoms with Crippen LogP contribution in [0, 0.1) is 0 Å². The van der Waals surface area contributed by atoms with Gasteiger partial charge in [-0.3, -0.25) is 0 Å². The van der Waals surface area contributed by atoms with Gasteiger partial charge in [0.2, 0.25) is 0 Å². The van der Waals surface area contributed by atoms with Crippen LogP contribution in [-0.4, -0.2) is 10.2 Å². The van der Waals surface area contributed by atoms with Gasteiger partial charge in [0.15, 0.2) is 0 Å². The minimum absolute atomic E-state index is 0.238. The third-order valence-electron chi connectivity index (χ3n) is 3.88. The van der Waals surface area contributed by atoms with Gasteiger partial charge in [-0.05, 0) is 73.9 Å². The Morgan fingerprint density at radius 3 is 2.37 bits per heavy atom. The van der Waals surface area contributed by atoms with Crippen LogP contribution in [0.2, 0.25) is 0 Å². The van der Waals surface area contributed by atoms with E-state index in [1.165, 1.54) is 11.1 Å². The van der Waals surface area contributed by atoms with Crippen LogP contribution in [0.5, 0.6) is 5.75 Å². The zero-order valence-corrected chi connectivity index (χ0v) is 16.8. The molecule has 0 aromatic heterocycles. The topological polar surface area (TPSA) is 40.5 Å². The molecular formula is C25H30O2. The van der Waals surface area contributed by atoms with E-state index in [0.717, 1.165) is 28.0 Å². The molecule has 0 unspecified atom stereocenters. The molecule has 27 heavy (non-hydrogen) atoms. The van der Waals surface area contributed by atoms with Crippen molar-refractivity contribution < 1.29 is 10.2 Å². The van der Waals surface area contributed by atoms with E-state index >= 15 is 0 Å². The SMILES string of the molecule is C=C(/C=C\C)C(=C\C=C(/C)C/C(C)=C/C=c1/cc(O)ccc1=C)/C=C(\C)O. The minimum atomic E-state index is 0.238. The lowest BCUT2D eigenvalue weighted by molar-refractivity contribution is 0.414. The standard InChI is InChI=1S/C25H30O2/c1-7-8-20(4)23(16-22(6)26)12-9-18(2)15-19(3)10-13-24-17-25(27)14-11-21(24)5/h7-14,16-17,26-27H,4-5,15H2,1-3,6H3/b8-7-,18-9+,19-10+,22-16+,23-12-,24-13-. The average molecular weight is 363 g/mol. The van der Waals surface area contributed by atoms with Crippen LogP contribution in [0.25, 0.3) is 12.7 Å². The van der Waals surface area contributed by atoms with Gasteiger partial charge in [0, 0.05) is 0 Å². The maximum Gasteiger partial charge on any atom is 0.116 e. The van der Waals surface area contributed by atoms with Crippen molar-refractivity contribution in [2.75, 3.05) is 0 Å². The third-order valence-corrected chi connectivity index (χ3v) is 3.88. The lowest BCUT2D eigenvalue weighted by Gasteiger charge is -2.03. The fourth-order valence-electron chi connectivity index (χ4n) is 2.53. The van der Waals surface area contributed by atoms with E-state index in [1.54, 1.807) is 31.2 Å². The van der Waals surface area contributed by atoms with E-state index in [2.05, 4.69) is 27.0 Å². The van der Waals surface area contributed by atoms with Crippen molar-refractivity contribution in [1.82, 2.24) is 0 Å². The molecule has 0 fully saturated rings. The summed E-state index contributed by atoms with van der Waals surface area (Å²) in [7, 11) is 0. The number of phenolic OH excluding ortho intramolecular Hbond substituents is 1. The first-order chi connectivity index (χ1) is 12.7. The van der Waals surface area contributed by atoms with Crippen molar-refractivity contribution in [3.8, 4) is 5.75 Å². The zero-order chi connectivity index (χ0) is 20.4.